The van der Waals surface area contributed by atoms with E-state index in [0.29, 0.717) is 12.2 Å². The highest BCUT2D eigenvalue weighted by Crippen LogP contribution is 2.24. The normalized spacial score (nSPS) is 11.0. The molecule has 3 amide bonds. The molecule has 0 saturated heterocycles. The molecule has 5 heteroatoms. The first-order valence-electron chi connectivity index (χ1n) is 7.80. The molecule has 0 aliphatic carbocycles. The van der Waals surface area contributed by atoms with Gasteiger partial charge in [-0.3, -0.25) is 4.79 Å². The molecular formula is C19H23N3O2. The first-order chi connectivity index (χ1) is 11.3. The monoisotopic (exact) mass is 325 g/mol. The Morgan fingerprint density at radius 1 is 1.08 bits per heavy atom. The van der Waals surface area contributed by atoms with Gasteiger partial charge < -0.3 is 16.4 Å². The zero-order valence-electron chi connectivity index (χ0n) is 14.2. The number of anilines is 1. The van der Waals surface area contributed by atoms with Crippen LogP contribution in [0, 0.1) is 6.92 Å². The Morgan fingerprint density at radius 3 is 2.38 bits per heavy atom. The van der Waals surface area contributed by atoms with Crippen molar-refractivity contribution in [2.24, 2.45) is 5.73 Å². The van der Waals surface area contributed by atoms with Crippen LogP contribution in [-0.4, -0.2) is 11.9 Å². The van der Waals surface area contributed by atoms with E-state index in [1.807, 2.05) is 51.1 Å². The van der Waals surface area contributed by atoms with Gasteiger partial charge in [0.15, 0.2) is 0 Å². The number of carbonyl (C=O) groups excluding carboxylic acids is 2. The second-order valence-electron chi connectivity index (χ2n) is 6.36. The maximum absolute atomic E-state index is 12.6. The van der Waals surface area contributed by atoms with E-state index in [4.69, 9.17) is 5.73 Å². The van der Waals surface area contributed by atoms with Crippen molar-refractivity contribution in [2.75, 3.05) is 5.32 Å². The first-order valence-corrected chi connectivity index (χ1v) is 7.80. The van der Waals surface area contributed by atoms with E-state index in [9.17, 15) is 9.59 Å². The summed E-state index contributed by atoms with van der Waals surface area (Å²) in [5.41, 5.74) is 8.10. The average Bonchev–Trinajstić information content (AvgIpc) is 2.52. The van der Waals surface area contributed by atoms with E-state index < -0.39 is 11.4 Å². The fourth-order valence-electron chi connectivity index (χ4n) is 2.41. The van der Waals surface area contributed by atoms with Gasteiger partial charge in [-0.05, 0) is 44.0 Å². The van der Waals surface area contributed by atoms with Crippen LogP contribution in [-0.2, 0) is 16.8 Å². The van der Waals surface area contributed by atoms with Gasteiger partial charge in [-0.2, -0.15) is 0 Å². The zero-order chi connectivity index (χ0) is 17.7. The summed E-state index contributed by atoms with van der Waals surface area (Å²) in [6, 6.07) is 14.6. The SMILES string of the molecule is Cc1ccc(C(C)(C)C(=O)NCc2cccc(NC(N)=O)c2)cc1. The highest BCUT2D eigenvalue weighted by Gasteiger charge is 2.29. The molecule has 0 bridgehead atoms. The number of nitrogens with one attached hydrogen (secondary N) is 2. The Morgan fingerprint density at radius 2 is 1.75 bits per heavy atom. The molecule has 0 fully saturated rings. The molecule has 0 atom stereocenters. The quantitative estimate of drug-likeness (QED) is 0.789. The standard InChI is InChI=1S/C19H23N3O2/c1-13-7-9-15(10-8-13)19(2,3)17(23)21-12-14-5-4-6-16(11-14)22-18(20)24/h4-11H,12H2,1-3H3,(H,21,23)(H3,20,22,24). The third-order valence-corrected chi connectivity index (χ3v) is 3.99. The Hall–Kier alpha value is -2.82. The molecule has 0 radical (unpaired) electrons. The third kappa shape index (κ3) is 4.35. The topological polar surface area (TPSA) is 84.2 Å². The molecular weight excluding hydrogens is 302 g/mol. The Balaban J connectivity index is 2.04. The number of rotatable bonds is 5. The number of primary amides is 1. The summed E-state index contributed by atoms with van der Waals surface area (Å²) < 4.78 is 0. The predicted molar refractivity (Wildman–Crippen MR) is 95.7 cm³/mol. The van der Waals surface area contributed by atoms with Crippen molar-refractivity contribution in [1.29, 1.82) is 0 Å². The average molecular weight is 325 g/mol. The van der Waals surface area contributed by atoms with E-state index in [2.05, 4.69) is 10.6 Å². The van der Waals surface area contributed by atoms with Gasteiger partial charge in [0.25, 0.3) is 0 Å². The van der Waals surface area contributed by atoms with Crippen molar-refractivity contribution < 1.29 is 9.59 Å². The number of aryl methyl sites for hydroxylation is 1. The minimum Gasteiger partial charge on any atom is -0.351 e. The molecule has 2 aromatic carbocycles. The second kappa shape index (κ2) is 7.17. The van der Waals surface area contributed by atoms with Crippen molar-refractivity contribution in [2.45, 2.75) is 32.7 Å². The molecule has 2 rings (SSSR count). The number of hydrogen-bond acceptors (Lipinski definition) is 2. The predicted octanol–water partition coefficient (Wildman–Crippen LogP) is 3.08. The van der Waals surface area contributed by atoms with Crippen LogP contribution in [0.15, 0.2) is 48.5 Å². The van der Waals surface area contributed by atoms with Gasteiger partial charge in [0, 0.05) is 12.2 Å². The first kappa shape index (κ1) is 17.5. The smallest absolute Gasteiger partial charge is 0.316 e. The van der Waals surface area contributed by atoms with E-state index in [1.165, 1.54) is 0 Å². The summed E-state index contributed by atoms with van der Waals surface area (Å²) in [6.07, 6.45) is 0. The summed E-state index contributed by atoms with van der Waals surface area (Å²) >= 11 is 0. The molecule has 0 spiro atoms. The summed E-state index contributed by atoms with van der Waals surface area (Å²) in [7, 11) is 0. The van der Waals surface area contributed by atoms with Crippen molar-refractivity contribution in [3.63, 3.8) is 0 Å². The van der Waals surface area contributed by atoms with Crippen LogP contribution in [0.25, 0.3) is 0 Å². The van der Waals surface area contributed by atoms with Gasteiger partial charge in [0.2, 0.25) is 5.91 Å². The second-order valence-corrected chi connectivity index (χ2v) is 6.36. The van der Waals surface area contributed by atoms with E-state index in [0.717, 1.165) is 16.7 Å². The molecule has 24 heavy (non-hydrogen) atoms. The lowest BCUT2D eigenvalue weighted by molar-refractivity contribution is -0.125. The van der Waals surface area contributed by atoms with Crippen molar-refractivity contribution >= 4 is 17.6 Å². The summed E-state index contributed by atoms with van der Waals surface area (Å²) in [5, 5.41) is 5.47. The van der Waals surface area contributed by atoms with Gasteiger partial charge >= 0.3 is 6.03 Å². The van der Waals surface area contributed by atoms with E-state index in [1.54, 1.807) is 18.2 Å². The van der Waals surface area contributed by atoms with Crippen LogP contribution in [0.5, 0.6) is 0 Å². The molecule has 0 saturated carbocycles. The molecule has 2 aromatic rings. The Labute approximate surface area is 142 Å². The number of hydrogen-bond donors (Lipinski definition) is 3. The van der Waals surface area contributed by atoms with Gasteiger partial charge in [0.1, 0.15) is 0 Å². The number of nitrogens with two attached hydrogens (primary N) is 1. The van der Waals surface area contributed by atoms with Crippen LogP contribution in [0.4, 0.5) is 10.5 Å². The van der Waals surface area contributed by atoms with Crippen LogP contribution < -0.4 is 16.4 Å². The lowest BCUT2D eigenvalue weighted by Gasteiger charge is -2.24. The Kier molecular flexibility index (Phi) is 5.24. The highest BCUT2D eigenvalue weighted by molar-refractivity contribution is 5.88. The number of carbonyl (C=O) groups is 2. The third-order valence-electron chi connectivity index (χ3n) is 3.99. The van der Waals surface area contributed by atoms with Crippen molar-refractivity contribution in [1.82, 2.24) is 5.32 Å². The van der Waals surface area contributed by atoms with E-state index in [-0.39, 0.29) is 5.91 Å². The highest BCUT2D eigenvalue weighted by atomic mass is 16.2. The molecule has 5 nitrogen and oxygen atoms in total. The van der Waals surface area contributed by atoms with Gasteiger partial charge in [-0.1, -0.05) is 42.0 Å². The Bertz CT molecular complexity index is 737. The molecule has 0 aliphatic heterocycles. The maximum Gasteiger partial charge on any atom is 0.316 e. The summed E-state index contributed by atoms with van der Waals surface area (Å²) in [5.74, 6) is -0.0559. The van der Waals surface area contributed by atoms with E-state index >= 15 is 0 Å². The number of urea groups is 1. The molecule has 126 valence electrons. The van der Waals surface area contributed by atoms with Crippen molar-refractivity contribution in [3.8, 4) is 0 Å². The van der Waals surface area contributed by atoms with Gasteiger partial charge in [-0.15, -0.1) is 0 Å². The zero-order valence-corrected chi connectivity index (χ0v) is 14.2. The van der Waals surface area contributed by atoms with Gasteiger partial charge in [0.05, 0.1) is 5.41 Å². The van der Waals surface area contributed by atoms with Crippen molar-refractivity contribution in [3.05, 3.63) is 65.2 Å². The fourth-order valence-corrected chi connectivity index (χ4v) is 2.41. The van der Waals surface area contributed by atoms with Gasteiger partial charge in [-0.25, -0.2) is 4.79 Å². The maximum atomic E-state index is 12.6. The molecule has 0 unspecified atom stereocenters. The van der Waals surface area contributed by atoms with Crippen LogP contribution in [0.1, 0.15) is 30.5 Å². The fraction of sp³-hybridized carbons (Fsp3) is 0.263. The largest absolute Gasteiger partial charge is 0.351 e. The molecule has 0 aliphatic rings. The molecule has 4 N–H and O–H groups in total. The van der Waals surface area contributed by atoms with Crippen LogP contribution in [0.2, 0.25) is 0 Å². The lowest BCUT2D eigenvalue weighted by atomic mass is 9.83. The van der Waals surface area contributed by atoms with Crippen LogP contribution in [0.3, 0.4) is 0 Å². The molecule has 0 aromatic heterocycles. The minimum atomic E-state index is -0.628. The number of benzene rings is 2. The minimum absolute atomic E-state index is 0.0559. The lowest BCUT2D eigenvalue weighted by Crippen LogP contribution is -2.39. The summed E-state index contributed by atoms with van der Waals surface area (Å²) in [6.45, 7) is 6.20. The number of amides is 3. The summed E-state index contributed by atoms with van der Waals surface area (Å²) in [4.78, 5) is 23.5. The molecule has 0 heterocycles. The van der Waals surface area contributed by atoms with Crippen LogP contribution >= 0.6 is 0 Å².